The smallest absolute Gasteiger partial charge is 0.174 e. The Labute approximate surface area is 248 Å². The summed E-state index contributed by atoms with van der Waals surface area (Å²) in [4.78, 5) is 17.9. The van der Waals surface area contributed by atoms with Crippen LogP contribution in [0.4, 0.5) is 0 Å². The van der Waals surface area contributed by atoms with Crippen molar-refractivity contribution in [2.45, 2.75) is 55.4 Å². The molecular weight excluding hydrogens is 512 g/mol. The molecule has 0 saturated heterocycles. The molecule has 42 heavy (non-hydrogen) atoms. The molecule has 4 heteroatoms. The molecule has 0 aliphatic rings. The molecule has 0 amide bonds. The van der Waals surface area contributed by atoms with Gasteiger partial charge >= 0.3 is 0 Å². The predicted molar refractivity (Wildman–Crippen MR) is 176 cm³/mol. The summed E-state index contributed by atoms with van der Waals surface area (Å²) in [5.74, 6) is 1.45. The Kier molecular flexibility index (Phi) is 6.94. The number of aryl methyl sites for hydroxylation is 8. The molecule has 0 unspecified atom stereocenters. The van der Waals surface area contributed by atoms with Crippen molar-refractivity contribution in [1.82, 2.24) is 19.9 Å². The molecule has 4 nitrogen and oxygen atoms in total. The van der Waals surface area contributed by atoms with E-state index in [1.165, 1.54) is 44.5 Å². The van der Waals surface area contributed by atoms with Crippen LogP contribution in [0.15, 0.2) is 72.8 Å². The van der Waals surface area contributed by atoms with Gasteiger partial charge in [-0.2, -0.15) is 0 Å². The van der Waals surface area contributed by atoms with E-state index < -0.39 is 0 Å². The molecule has 2 aromatic heterocycles. The molecule has 0 aliphatic carbocycles. The fourth-order valence-corrected chi connectivity index (χ4v) is 6.10. The average Bonchev–Trinajstić information content (AvgIpc) is 3.54. The molecule has 6 rings (SSSR count). The highest BCUT2D eigenvalue weighted by atomic mass is 15.0. The van der Waals surface area contributed by atoms with Crippen LogP contribution < -0.4 is 0 Å². The van der Waals surface area contributed by atoms with E-state index in [0.717, 1.165) is 56.7 Å². The van der Waals surface area contributed by atoms with Crippen molar-refractivity contribution in [1.29, 1.82) is 0 Å². The summed E-state index contributed by atoms with van der Waals surface area (Å²) in [6, 6.07) is 26.3. The summed E-state index contributed by atoms with van der Waals surface area (Å²) in [7, 11) is 0. The van der Waals surface area contributed by atoms with Crippen molar-refractivity contribution in [2.24, 2.45) is 0 Å². The summed E-state index contributed by atoms with van der Waals surface area (Å²) in [6.07, 6.45) is 0. The molecule has 0 saturated carbocycles. The van der Waals surface area contributed by atoms with E-state index >= 15 is 0 Å². The first-order valence-corrected chi connectivity index (χ1v) is 14.6. The van der Waals surface area contributed by atoms with Crippen LogP contribution in [0.25, 0.3) is 56.7 Å². The van der Waals surface area contributed by atoms with E-state index in [4.69, 9.17) is 9.97 Å². The third kappa shape index (κ3) is 4.98. The molecule has 2 heterocycles. The zero-order valence-electron chi connectivity index (χ0n) is 25.8. The molecule has 2 N–H and O–H groups in total. The van der Waals surface area contributed by atoms with Crippen LogP contribution in [0, 0.1) is 55.4 Å². The Balaban J connectivity index is 1.60. The number of nitrogens with zero attached hydrogens (tertiary/aromatic N) is 2. The second kappa shape index (κ2) is 10.6. The Hall–Kier alpha value is -4.70. The van der Waals surface area contributed by atoms with Crippen molar-refractivity contribution in [3.05, 3.63) is 117 Å². The van der Waals surface area contributed by atoms with Crippen LogP contribution >= 0.6 is 0 Å². The lowest BCUT2D eigenvalue weighted by atomic mass is 9.97. The van der Waals surface area contributed by atoms with Gasteiger partial charge < -0.3 is 9.97 Å². The van der Waals surface area contributed by atoms with E-state index in [0.29, 0.717) is 0 Å². The van der Waals surface area contributed by atoms with Gasteiger partial charge in [0.15, 0.2) is 11.6 Å². The zero-order valence-corrected chi connectivity index (χ0v) is 25.8. The Morgan fingerprint density at radius 3 is 0.952 bits per heavy atom. The van der Waals surface area contributed by atoms with Crippen LogP contribution in [0.2, 0.25) is 0 Å². The van der Waals surface area contributed by atoms with Crippen molar-refractivity contribution in [3.63, 3.8) is 0 Å². The van der Waals surface area contributed by atoms with E-state index in [9.17, 15) is 0 Å². The van der Waals surface area contributed by atoms with Gasteiger partial charge in [-0.15, -0.1) is 0 Å². The molecule has 6 aromatic rings. The third-order valence-corrected chi connectivity index (χ3v) is 8.21. The molecule has 0 atom stereocenters. The largest absolute Gasteiger partial charge is 0.335 e. The predicted octanol–water partition coefficient (Wildman–Crippen LogP) is 9.94. The fraction of sp³-hybridized carbons (Fsp3) is 0.211. The summed E-state index contributed by atoms with van der Waals surface area (Å²) >= 11 is 0. The van der Waals surface area contributed by atoms with Crippen LogP contribution in [-0.4, -0.2) is 19.9 Å². The normalized spacial score (nSPS) is 11.3. The van der Waals surface area contributed by atoms with Crippen molar-refractivity contribution in [3.8, 4) is 56.7 Å². The minimum Gasteiger partial charge on any atom is -0.335 e. The van der Waals surface area contributed by atoms with Gasteiger partial charge in [0.1, 0.15) is 0 Å². The second-order valence-corrected chi connectivity index (χ2v) is 11.9. The zero-order chi connectivity index (χ0) is 29.7. The van der Waals surface area contributed by atoms with Crippen molar-refractivity contribution in [2.75, 3.05) is 0 Å². The first kappa shape index (κ1) is 27.5. The molecule has 0 fully saturated rings. The van der Waals surface area contributed by atoms with Gasteiger partial charge in [-0.1, -0.05) is 95.1 Å². The van der Waals surface area contributed by atoms with Gasteiger partial charge in [0.25, 0.3) is 0 Å². The number of hydrogen-bond acceptors (Lipinski definition) is 2. The topological polar surface area (TPSA) is 57.4 Å². The molecule has 0 radical (unpaired) electrons. The summed E-state index contributed by atoms with van der Waals surface area (Å²) in [5, 5.41) is 0. The van der Waals surface area contributed by atoms with Gasteiger partial charge in [-0.25, -0.2) is 9.97 Å². The molecule has 0 aliphatic heterocycles. The van der Waals surface area contributed by atoms with Gasteiger partial charge in [0.05, 0.1) is 22.8 Å². The first-order chi connectivity index (χ1) is 20.1. The van der Waals surface area contributed by atoms with E-state index in [2.05, 4.69) is 138 Å². The van der Waals surface area contributed by atoms with Crippen LogP contribution in [0.1, 0.15) is 44.5 Å². The molecule has 210 valence electrons. The van der Waals surface area contributed by atoms with Crippen LogP contribution in [0.3, 0.4) is 0 Å². The quantitative estimate of drug-likeness (QED) is 0.224. The molecular formula is C38H38N4. The Bertz CT molecular complexity index is 1690. The number of aromatic nitrogens is 4. The van der Waals surface area contributed by atoms with Gasteiger partial charge in [-0.3, -0.25) is 0 Å². The Morgan fingerprint density at radius 2 is 0.667 bits per heavy atom. The molecule has 0 spiro atoms. The number of H-pyrrole nitrogens is 2. The highest BCUT2D eigenvalue weighted by molar-refractivity contribution is 5.86. The third-order valence-electron chi connectivity index (χ3n) is 8.21. The fourth-order valence-electron chi connectivity index (χ4n) is 6.10. The highest BCUT2D eigenvalue weighted by Gasteiger charge is 2.23. The number of benzene rings is 4. The van der Waals surface area contributed by atoms with Gasteiger partial charge in [-0.05, 0) is 77.6 Å². The maximum absolute atomic E-state index is 5.25. The SMILES string of the molecule is Cc1ccc(-c2nc(-c3nc(-c4ccc(C)cc4C)c(-c4ccc(C)cc4C)[nH]3)[nH]c2-c2ccc(C)cc2C)c(C)c1. The van der Waals surface area contributed by atoms with E-state index in [1.54, 1.807) is 0 Å². The molecule has 0 bridgehead atoms. The van der Waals surface area contributed by atoms with Gasteiger partial charge in [0, 0.05) is 22.3 Å². The van der Waals surface area contributed by atoms with Crippen molar-refractivity contribution < 1.29 is 0 Å². The Morgan fingerprint density at radius 1 is 0.381 bits per heavy atom. The molecule has 4 aromatic carbocycles. The number of hydrogen-bond donors (Lipinski definition) is 2. The lowest BCUT2D eigenvalue weighted by Gasteiger charge is -2.10. The average molecular weight is 551 g/mol. The summed E-state index contributed by atoms with van der Waals surface area (Å²) in [5.41, 5.74) is 18.2. The highest BCUT2D eigenvalue weighted by Crippen LogP contribution is 2.39. The van der Waals surface area contributed by atoms with E-state index in [1.807, 2.05) is 0 Å². The monoisotopic (exact) mass is 550 g/mol. The van der Waals surface area contributed by atoms with Gasteiger partial charge in [0.2, 0.25) is 0 Å². The van der Waals surface area contributed by atoms with E-state index in [-0.39, 0.29) is 0 Å². The lowest BCUT2D eigenvalue weighted by Crippen LogP contribution is -1.90. The van der Waals surface area contributed by atoms with Crippen LogP contribution in [-0.2, 0) is 0 Å². The number of nitrogens with one attached hydrogen (secondary N) is 2. The minimum absolute atomic E-state index is 0.724. The minimum atomic E-state index is 0.724. The summed E-state index contributed by atoms with van der Waals surface area (Å²) in [6.45, 7) is 17.2. The maximum Gasteiger partial charge on any atom is 0.174 e. The standard InChI is InChI=1S/C38H38N4/c1-21-9-13-29(25(5)17-21)33-34(30-14-10-22(2)18-26(30)6)40-37(39-33)38-41-35(31-15-11-23(3)19-27(31)7)36(42-38)32-16-12-24(4)20-28(32)8/h9-20H,1-8H3,(H,39,40)(H,41,42). The second-order valence-electron chi connectivity index (χ2n) is 11.9. The number of aromatic amines is 2. The van der Waals surface area contributed by atoms with Crippen molar-refractivity contribution >= 4 is 0 Å². The maximum atomic E-state index is 5.25. The van der Waals surface area contributed by atoms with Crippen LogP contribution in [0.5, 0.6) is 0 Å². The number of imidazole rings is 2. The first-order valence-electron chi connectivity index (χ1n) is 14.6. The lowest BCUT2D eigenvalue weighted by molar-refractivity contribution is 1.19. The summed E-state index contributed by atoms with van der Waals surface area (Å²) < 4.78 is 0. The number of rotatable bonds is 5.